The van der Waals surface area contributed by atoms with Crippen LogP contribution < -0.4 is 5.32 Å². The molecule has 1 saturated heterocycles. The molecule has 0 spiro atoms. The Hall–Kier alpha value is -1.30. The lowest BCUT2D eigenvalue weighted by molar-refractivity contribution is -0.148. The van der Waals surface area contributed by atoms with E-state index < -0.39 is 11.4 Å². The van der Waals surface area contributed by atoms with E-state index in [0.29, 0.717) is 39.1 Å². The average Bonchev–Trinajstić information content (AvgIpc) is 2.88. The first-order valence-corrected chi connectivity index (χ1v) is 7.89. The molecule has 6 heteroatoms. The number of carbonyl (C=O) groups is 2. The van der Waals surface area contributed by atoms with Crippen LogP contribution in [0.2, 0.25) is 0 Å². The lowest BCUT2D eigenvalue weighted by Crippen LogP contribution is -2.42. The van der Waals surface area contributed by atoms with E-state index in [4.69, 9.17) is 4.74 Å². The number of carboxylic acids is 1. The number of hydrogen-bond donors (Lipinski definition) is 2. The smallest absolute Gasteiger partial charge is 0.317 e. The number of likely N-dealkylation sites (tertiary alicyclic amines) is 1. The summed E-state index contributed by atoms with van der Waals surface area (Å²) in [7, 11) is 0. The van der Waals surface area contributed by atoms with Crippen molar-refractivity contribution in [3.05, 3.63) is 0 Å². The Bertz CT molecular complexity index is 349. The van der Waals surface area contributed by atoms with Crippen LogP contribution in [0.4, 0.5) is 4.79 Å². The molecule has 1 rings (SSSR count). The fourth-order valence-electron chi connectivity index (χ4n) is 2.74. The van der Waals surface area contributed by atoms with E-state index in [2.05, 4.69) is 12.2 Å². The fraction of sp³-hybridized carbons (Fsp3) is 0.867. The summed E-state index contributed by atoms with van der Waals surface area (Å²) in [5, 5.41) is 12.3. The summed E-state index contributed by atoms with van der Waals surface area (Å²) < 4.78 is 5.34. The molecule has 1 fully saturated rings. The van der Waals surface area contributed by atoms with Crippen molar-refractivity contribution >= 4 is 12.0 Å². The van der Waals surface area contributed by atoms with Crippen LogP contribution >= 0.6 is 0 Å². The number of rotatable bonds is 9. The predicted molar refractivity (Wildman–Crippen MR) is 80.3 cm³/mol. The molecule has 122 valence electrons. The van der Waals surface area contributed by atoms with Gasteiger partial charge < -0.3 is 20.1 Å². The van der Waals surface area contributed by atoms with Gasteiger partial charge in [0.05, 0.1) is 5.41 Å². The number of carboxylic acid groups (broad SMARTS) is 1. The second-order valence-corrected chi connectivity index (χ2v) is 5.70. The van der Waals surface area contributed by atoms with Gasteiger partial charge in [-0.25, -0.2) is 4.79 Å². The molecular weight excluding hydrogens is 272 g/mol. The topological polar surface area (TPSA) is 78.9 Å². The molecule has 0 saturated carbocycles. The molecule has 1 atom stereocenters. The third kappa shape index (κ3) is 5.19. The Morgan fingerprint density at radius 1 is 1.29 bits per heavy atom. The Morgan fingerprint density at radius 2 is 2.05 bits per heavy atom. The van der Waals surface area contributed by atoms with E-state index >= 15 is 0 Å². The third-order valence-corrected chi connectivity index (χ3v) is 3.91. The SMILES string of the molecule is CCCOCCCNC(=O)N1CCC(CCC)(C(=O)O)C1. The molecule has 6 nitrogen and oxygen atoms in total. The van der Waals surface area contributed by atoms with Crippen LogP contribution in [0.15, 0.2) is 0 Å². The summed E-state index contributed by atoms with van der Waals surface area (Å²) in [5.74, 6) is -0.785. The maximum atomic E-state index is 12.0. The summed E-state index contributed by atoms with van der Waals surface area (Å²) >= 11 is 0. The highest BCUT2D eigenvalue weighted by Gasteiger charge is 2.45. The number of amides is 2. The van der Waals surface area contributed by atoms with Gasteiger partial charge in [0.1, 0.15) is 0 Å². The molecule has 0 bridgehead atoms. The summed E-state index contributed by atoms with van der Waals surface area (Å²) in [4.78, 5) is 25.1. The van der Waals surface area contributed by atoms with Gasteiger partial charge in [-0.2, -0.15) is 0 Å². The highest BCUT2D eigenvalue weighted by molar-refractivity contribution is 5.79. The summed E-state index contributed by atoms with van der Waals surface area (Å²) in [5.41, 5.74) is -0.754. The number of hydrogen-bond acceptors (Lipinski definition) is 3. The standard InChI is InChI=1S/C15H28N2O4/c1-3-6-15(13(18)19)7-9-17(12-15)14(20)16-8-5-11-21-10-4-2/h3-12H2,1-2H3,(H,16,20)(H,18,19). The van der Waals surface area contributed by atoms with Crippen molar-refractivity contribution in [1.29, 1.82) is 0 Å². The summed E-state index contributed by atoms with van der Waals surface area (Å²) in [6, 6.07) is -0.162. The van der Waals surface area contributed by atoms with Gasteiger partial charge in [-0.05, 0) is 25.7 Å². The molecule has 1 heterocycles. The second kappa shape index (κ2) is 8.87. The van der Waals surface area contributed by atoms with Crippen molar-refractivity contribution in [1.82, 2.24) is 10.2 Å². The van der Waals surface area contributed by atoms with Crippen LogP contribution in [0.1, 0.15) is 46.0 Å². The summed E-state index contributed by atoms with van der Waals surface area (Å²) in [6.45, 7) is 6.82. The summed E-state index contributed by atoms with van der Waals surface area (Å²) in [6.07, 6.45) is 3.75. The molecule has 21 heavy (non-hydrogen) atoms. The molecular formula is C15H28N2O4. The van der Waals surface area contributed by atoms with Gasteiger partial charge in [0.25, 0.3) is 0 Å². The molecule has 0 aromatic rings. The van der Waals surface area contributed by atoms with E-state index in [1.165, 1.54) is 0 Å². The minimum atomic E-state index is -0.785. The van der Waals surface area contributed by atoms with E-state index in [1.807, 2.05) is 6.92 Å². The number of aliphatic carboxylic acids is 1. The highest BCUT2D eigenvalue weighted by Crippen LogP contribution is 2.35. The lowest BCUT2D eigenvalue weighted by atomic mass is 9.83. The van der Waals surface area contributed by atoms with Crippen LogP contribution in [0.25, 0.3) is 0 Å². The van der Waals surface area contributed by atoms with E-state index in [1.54, 1.807) is 4.90 Å². The highest BCUT2D eigenvalue weighted by atomic mass is 16.5. The Morgan fingerprint density at radius 3 is 2.67 bits per heavy atom. The number of ether oxygens (including phenoxy) is 1. The third-order valence-electron chi connectivity index (χ3n) is 3.91. The van der Waals surface area contributed by atoms with Crippen molar-refractivity contribution < 1.29 is 19.4 Å². The monoisotopic (exact) mass is 300 g/mol. The largest absolute Gasteiger partial charge is 0.481 e. The maximum absolute atomic E-state index is 12.0. The first-order chi connectivity index (χ1) is 10.1. The zero-order valence-corrected chi connectivity index (χ0v) is 13.2. The number of carbonyl (C=O) groups excluding carboxylic acids is 1. The molecule has 0 aromatic carbocycles. The normalized spacial score (nSPS) is 21.5. The lowest BCUT2D eigenvalue weighted by Gasteiger charge is -2.24. The fourth-order valence-corrected chi connectivity index (χ4v) is 2.74. The van der Waals surface area contributed by atoms with Gasteiger partial charge in [0.2, 0.25) is 0 Å². The number of urea groups is 1. The van der Waals surface area contributed by atoms with E-state index in [9.17, 15) is 14.7 Å². The number of nitrogens with zero attached hydrogens (tertiary/aromatic N) is 1. The maximum Gasteiger partial charge on any atom is 0.317 e. The quantitative estimate of drug-likeness (QED) is 0.639. The van der Waals surface area contributed by atoms with Crippen LogP contribution in [-0.2, 0) is 9.53 Å². The van der Waals surface area contributed by atoms with Crippen molar-refractivity contribution in [2.24, 2.45) is 5.41 Å². The van der Waals surface area contributed by atoms with Gasteiger partial charge >= 0.3 is 12.0 Å². The first-order valence-electron chi connectivity index (χ1n) is 7.89. The minimum absolute atomic E-state index is 0.162. The van der Waals surface area contributed by atoms with Crippen LogP contribution in [0.5, 0.6) is 0 Å². The van der Waals surface area contributed by atoms with Crippen molar-refractivity contribution in [3.8, 4) is 0 Å². The second-order valence-electron chi connectivity index (χ2n) is 5.70. The van der Waals surface area contributed by atoms with Gasteiger partial charge in [0, 0.05) is 32.8 Å². The predicted octanol–water partition coefficient (Wildman–Crippen LogP) is 2.09. The molecule has 0 radical (unpaired) electrons. The van der Waals surface area contributed by atoms with Crippen LogP contribution in [0.3, 0.4) is 0 Å². The zero-order chi connectivity index (χ0) is 15.7. The Balaban J connectivity index is 2.31. The Labute approximate surface area is 126 Å². The van der Waals surface area contributed by atoms with Gasteiger partial charge in [-0.15, -0.1) is 0 Å². The van der Waals surface area contributed by atoms with Gasteiger partial charge in [0.15, 0.2) is 0 Å². The van der Waals surface area contributed by atoms with Crippen molar-refractivity contribution in [2.45, 2.75) is 46.0 Å². The molecule has 0 aromatic heterocycles. The van der Waals surface area contributed by atoms with Gasteiger partial charge in [-0.3, -0.25) is 4.79 Å². The first kappa shape index (κ1) is 17.8. The molecule has 1 aliphatic rings. The van der Waals surface area contributed by atoms with E-state index in [0.717, 1.165) is 25.9 Å². The van der Waals surface area contributed by atoms with E-state index in [-0.39, 0.29) is 6.03 Å². The van der Waals surface area contributed by atoms with Crippen molar-refractivity contribution in [2.75, 3.05) is 32.8 Å². The molecule has 1 aliphatic heterocycles. The molecule has 2 amide bonds. The average molecular weight is 300 g/mol. The zero-order valence-electron chi connectivity index (χ0n) is 13.2. The van der Waals surface area contributed by atoms with Crippen molar-refractivity contribution in [3.63, 3.8) is 0 Å². The van der Waals surface area contributed by atoms with Crippen LogP contribution in [-0.4, -0.2) is 54.9 Å². The Kier molecular flexibility index (Phi) is 7.50. The molecule has 0 aliphatic carbocycles. The molecule has 1 unspecified atom stereocenters. The number of nitrogens with one attached hydrogen (secondary N) is 1. The molecule has 2 N–H and O–H groups in total. The minimum Gasteiger partial charge on any atom is -0.481 e. The van der Waals surface area contributed by atoms with Gasteiger partial charge in [-0.1, -0.05) is 20.3 Å². The van der Waals surface area contributed by atoms with Crippen LogP contribution in [0, 0.1) is 5.41 Å².